The summed E-state index contributed by atoms with van der Waals surface area (Å²) in [6.45, 7) is 0.282. The molecule has 0 radical (unpaired) electrons. The van der Waals surface area contributed by atoms with E-state index in [0.717, 1.165) is 29.1 Å². The summed E-state index contributed by atoms with van der Waals surface area (Å²) < 4.78 is 31.9. The number of nitrogens with one attached hydrogen (secondary N) is 1. The van der Waals surface area contributed by atoms with Gasteiger partial charge in [-0.3, -0.25) is 4.79 Å². The Morgan fingerprint density at radius 1 is 1.17 bits per heavy atom. The number of halogens is 2. The molecule has 1 atom stereocenters. The lowest BCUT2D eigenvalue weighted by atomic mass is 10.0. The standard InChI is InChI=1S/C21H16F2N4O3/c22-14-7-12(8-15(23)11-14)9-18-25-19(26-30-18)21(29)4-6-27(20(21)28)16-1-2-17-13(10-16)3-5-24-17/h1-3,5,7-8,10-11,24,29H,4,6,9H2. The molecule has 9 heteroatoms. The highest BCUT2D eigenvalue weighted by atomic mass is 19.1. The van der Waals surface area contributed by atoms with Gasteiger partial charge in [-0.15, -0.1) is 0 Å². The van der Waals surface area contributed by atoms with E-state index in [4.69, 9.17) is 4.52 Å². The first kappa shape index (κ1) is 18.4. The summed E-state index contributed by atoms with van der Waals surface area (Å²) in [5.41, 5.74) is -0.0321. The highest BCUT2D eigenvalue weighted by Crippen LogP contribution is 2.35. The fourth-order valence-corrected chi connectivity index (χ4v) is 3.75. The molecule has 152 valence electrons. The van der Waals surface area contributed by atoms with Crippen LogP contribution < -0.4 is 4.90 Å². The van der Waals surface area contributed by atoms with Gasteiger partial charge in [0.2, 0.25) is 17.3 Å². The van der Waals surface area contributed by atoms with Crippen molar-refractivity contribution in [3.05, 3.63) is 77.6 Å². The number of aliphatic hydroxyl groups is 1. The Morgan fingerprint density at radius 3 is 2.77 bits per heavy atom. The smallest absolute Gasteiger partial charge is 0.267 e. The molecule has 1 amide bonds. The molecule has 30 heavy (non-hydrogen) atoms. The van der Waals surface area contributed by atoms with Crippen LogP contribution >= 0.6 is 0 Å². The fraction of sp³-hybridized carbons (Fsp3) is 0.190. The molecule has 0 aliphatic carbocycles. The number of anilines is 1. The van der Waals surface area contributed by atoms with Crippen molar-refractivity contribution in [3.63, 3.8) is 0 Å². The first-order valence-electron chi connectivity index (χ1n) is 9.32. The van der Waals surface area contributed by atoms with E-state index in [1.54, 1.807) is 6.07 Å². The van der Waals surface area contributed by atoms with E-state index < -0.39 is 23.1 Å². The Bertz CT molecular complexity index is 1250. The fourth-order valence-electron chi connectivity index (χ4n) is 3.75. The molecule has 1 unspecified atom stereocenters. The van der Waals surface area contributed by atoms with Gasteiger partial charge in [-0.1, -0.05) is 5.16 Å². The van der Waals surface area contributed by atoms with Crippen molar-refractivity contribution in [3.8, 4) is 0 Å². The Morgan fingerprint density at radius 2 is 1.97 bits per heavy atom. The molecule has 1 fully saturated rings. The molecule has 7 nitrogen and oxygen atoms in total. The largest absolute Gasteiger partial charge is 0.373 e. The Labute approximate surface area is 168 Å². The van der Waals surface area contributed by atoms with Crippen molar-refractivity contribution < 1.29 is 23.2 Å². The lowest BCUT2D eigenvalue weighted by Crippen LogP contribution is -2.38. The van der Waals surface area contributed by atoms with Gasteiger partial charge in [0.1, 0.15) is 11.6 Å². The molecule has 1 aliphatic rings. The van der Waals surface area contributed by atoms with Gasteiger partial charge in [0, 0.05) is 41.8 Å². The minimum absolute atomic E-state index is 0.0280. The second-order valence-electron chi connectivity index (χ2n) is 7.28. The Kier molecular flexibility index (Phi) is 4.14. The van der Waals surface area contributed by atoms with Crippen LogP contribution in [0.25, 0.3) is 10.9 Å². The van der Waals surface area contributed by atoms with E-state index in [1.807, 2.05) is 24.4 Å². The third kappa shape index (κ3) is 3.03. The summed E-state index contributed by atoms with van der Waals surface area (Å²) in [5, 5.41) is 15.7. The van der Waals surface area contributed by atoms with Crippen LogP contribution in [0.2, 0.25) is 0 Å². The summed E-state index contributed by atoms with van der Waals surface area (Å²) in [4.78, 5) is 21.7. The summed E-state index contributed by atoms with van der Waals surface area (Å²) in [6.07, 6.45) is 1.87. The number of rotatable bonds is 4. The van der Waals surface area contributed by atoms with Crippen LogP contribution in [0.3, 0.4) is 0 Å². The zero-order valence-corrected chi connectivity index (χ0v) is 15.6. The molecule has 1 aliphatic heterocycles. The van der Waals surface area contributed by atoms with Crippen molar-refractivity contribution in [2.75, 3.05) is 11.4 Å². The summed E-state index contributed by atoms with van der Waals surface area (Å²) in [5.74, 6) is -2.11. The van der Waals surface area contributed by atoms with E-state index in [-0.39, 0.29) is 31.1 Å². The molecular weight excluding hydrogens is 394 g/mol. The molecule has 2 N–H and O–H groups in total. The van der Waals surface area contributed by atoms with E-state index in [9.17, 15) is 18.7 Å². The van der Waals surface area contributed by atoms with Gasteiger partial charge in [-0.05, 0) is 42.0 Å². The number of fused-ring (bicyclic) bond motifs is 1. The van der Waals surface area contributed by atoms with Gasteiger partial charge < -0.3 is 19.5 Å². The zero-order valence-electron chi connectivity index (χ0n) is 15.6. The van der Waals surface area contributed by atoms with E-state index >= 15 is 0 Å². The molecule has 5 rings (SSSR count). The molecular formula is C21H16F2N4O3. The number of hydrogen-bond donors (Lipinski definition) is 2. The van der Waals surface area contributed by atoms with Crippen LogP contribution in [0.15, 0.2) is 53.2 Å². The van der Waals surface area contributed by atoms with Crippen LogP contribution in [-0.4, -0.2) is 32.7 Å². The third-order valence-corrected chi connectivity index (χ3v) is 5.26. The number of carbonyl (C=O) groups excluding carboxylic acids is 1. The molecule has 1 saturated heterocycles. The summed E-state index contributed by atoms with van der Waals surface area (Å²) >= 11 is 0. The number of hydrogen-bond acceptors (Lipinski definition) is 5. The highest BCUT2D eigenvalue weighted by molar-refractivity contribution is 6.03. The predicted molar refractivity (Wildman–Crippen MR) is 103 cm³/mol. The highest BCUT2D eigenvalue weighted by Gasteiger charge is 2.50. The second kappa shape index (κ2) is 6.74. The molecule has 3 heterocycles. The van der Waals surface area contributed by atoms with Crippen LogP contribution in [0.4, 0.5) is 14.5 Å². The number of carbonyl (C=O) groups is 1. The quantitative estimate of drug-likeness (QED) is 0.539. The average Bonchev–Trinajstić information content (AvgIpc) is 3.41. The summed E-state index contributed by atoms with van der Waals surface area (Å²) in [6, 6.07) is 10.5. The van der Waals surface area contributed by atoms with Gasteiger partial charge in [-0.2, -0.15) is 4.98 Å². The van der Waals surface area contributed by atoms with Crippen molar-refractivity contribution in [2.24, 2.45) is 0 Å². The number of benzene rings is 2. The monoisotopic (exact) mass is 410 g/mol. The van der Waals surface area contributed by atoms with E-state index in [2.05, 4.69) is 15.1 Å². The topological polar surface area (TPSA) is 95.2 Å². The average molecular weight is 410 g/mol. The maximum atomic E-state index is 13.4. The second-order valence-corrected chi connectivity index (χ2v) is 7.28. The van der Waals surface area contributed by atoms with Crippen molar-refractivity contribution >= 4 is 22.5 Å². The van der Waals surface area contributed by atoms with Crippen molar-refractivity contribution in [2.45, 2.75) is 18.4 Å². The van der Waals surface area contributed by atoms with E-state index in [0.29, 0.717) is 11.3 Å². The van der Waals surface area contributed by atoms with Crippen molar-refractivity contribution in [1.29, 1.82) is 0 Å². The minimum Gasteiger partial charge on any atom is -0.373 e. The van der Waals surface area contributed by atoms with Gasteiger partial charge >= 0.3 is 0 Å². The first-order valence-corrected chi connectivity index (χ1v) is 9.32. The first-order chi connectivity index (χ1) is 14.4. The van der Waals surface area contributed by atoms with Crippen LogP contribution in [0, 0.1) is 11.6 Å². The molecule has 0 saturated carbocycles. The normalized spacial score (nSPS) is 19.2. The van der Waals surface area contributed by atoms with Gasteiger partial charge in [0.05, 0.1) is 6.42 Å². The SMILES string of the molecule is O=C1N(c2ccc3[nH]ccc3c2)CCC1(O)c1noc(Cc2cc(F)cc(F)c2)n1. The Hall–Kier alpha value is -3.59. The van der Waals surface area contributed by atoms with Gasteiger partial charge in [0.25, 0.3) is 5.91 Å². The minimum atomic E-state index is -1.93. The molecule has 0 spiro atoms. The number of H-pyrrole nitrogens is 1. The lowest BCUT2D eigenvalue weighted by Gasteiger charge is -2.19. The molecule has 4 aromatic rings. The van der Waals surface area contributed by atoms with E-state index in [1.165, 1.54) is 4.90 Å². The van der Waals surface area contributed by atoms with Crippen LogP contribution in [-0.2, 0) is 16.8 Å². The van der Waals surface area contributed by atoms with Crippen LogP contribution in [0.5, 0.6) is 0 Å². The van der Waals surface area contributed by atoms with Gasteiger partial charge in [-0.25, -0.2) is 8.78 Å². The predicted octanol–water partition coefficient (Wildman–Crippen LogP) is 3.04. The number of amides is 1. The third-order valence-electron chi connectivity index (χ3n) is 5.26. The number of nitrogens with zero attached hydrogens (tertiary/aromatic N) is 3. The van der Waals surface area contributed by atoms with Crippen molar-refractivity contribution in [1.82, 2.24) is 15.1 Å². The molecule has 2 aromatic carbocycles. The Balaban J connectivity index is 1.39. The van der Waals surface area contributed by atoms with Crippen LogP contribution in [0.1, 0.15) is 23.7 Å². The lowest BCUT2D eigenvalue weighted by molar-refractivity contribution is -0.134. The summed E-state index contributed by atoms with van der Waals surface area (Å²) in [7, 11) is 0. The number of aromatic nitrogens is 3. The maximum absolute atomic E-state index is 13.4. The maximum Gasteiger partial charge on any atom is 0.267 e. The molecule has 2 aromatic heterocycles. The zero-order chi connectivity index (χ0) is 20.9. The number of aromatic amines is 1. The van der Waals surface area contributed by atoms with Gasteiger partial charge in [0.15, 0.2) is 0 Å². The molecule has 0 bridgehead atoms.